The van der Waals surface area contributed by atoms with Crippen LogP contribution in [-0.2, 0) is 6.54 Å². The van der Waals surface area contributed by atoms with Gasteiger partial charge in [-0.2, -0.15) is 0 Å². The number of imidazole rings is 1. The van der Waals surface area contributed by atoms with Crippen LogP contribution in [0.3, 0.4) is 0 Å². The normalized spacial score (nSPS) is 13.2. The zero-order valence-electron chi connectivity index (χ0n) is 13.4. The number of nitrogens with zero attached hydrogens (tertiary/aromatic N) is 2. The molecule has 1 aromatic carbocycles. The van der Waals surface area contributed by atoms with Gasteiger partial charge in [-0.15, -0.1) is 0 Å². The molecule has 0 aliphatic rings. The third kappa shape index (κ3) is 4.70. The SMILES string of the molecule is COc1ccc(F)cc1[C@H](C)NC(=O)N[C@@H](C)Cn1ccnc1. The van der Waals surface area contributed by atoms with Gasteiger partial charge in [0.05, 0.1) is 19.5 Å². The number of nitrogens with one attached hydrogen (secondary N) is 2. The predicted molar refractivity (Wildman–Crippen MR) is 84.7 cm³/mol. The lowest BCUT2D eigenvalue weighted by atomic mass is 10.1. The molecular formula is C16H21FN4O2. The van der Waals surface area contributed by atoms with Crippen molar-refractivity contribution in [2.75, 3.05) is 7.11 Å². The molecule has 124 valence electrons. The van der Waals surface area contributed by atoms with Crippen LogP contribution < -0.4 is 15.4 Å². The largest absolute Gasteiger partial charge is 0.496 e. The smallest absolute Gasteiger partial charge is 0.315 e. The summed E-state index contributed by atoms with van der Waals surface area (Å²) in [5, 5.41) is 5.62. The minimum atomic E-state index is -0.388. The first-order valence-electron chi connectivity index (χ1n) is 7.35. The first-order valence-corrected chi connectivity index (χ1v) is 7.35. The number of halogens is 1. The van der Waals surface area contributed by atoms with Crippen LogP contribution in [0.1, 0.15) is 25.5 Å². The Morgan fingerprint density at radius 1 is 1.39 bits per heavy atom. The summed E-state index contributed by atoms with van der Waals surface area (Å²) in [6.45, 7) is 4.29. The number of ether oxygens (including phenoxy) is 1. The number of carbonyl (C=O) groups is 1. The molecule has 2 amide bonds. The Kier molecular flexibility index (Phi) is 5.56. The maximum Gasteiger partial charge on any atom is 0.315 e. The highest BCUT2D eigenvalue weighted by Crippen LogP contribution is 2.25. The number of rotatable bonds is 6. The fraction of sp³-hybridized carbons (Fsp3) is 0.375. The van der Waals surface area contributed by atoms with Crippen molar-refractivity contribution >= 4 is 6.03 Å². The van der Waals surface area contributed by atoms with E-state index in [9.17, 15) is 9.18 Å². The van der Waals surface area contributed by atoms with Gasteiger partial charge in [0.15, 0.2) is 0 Å². The summed E-state index contributed by atoms with van der Waals surface area (Å²) in [6, 6.07) is 3.44. The van der Waals surface area contributed by atoms with Gasteiger partial charge in [-0.25, -0.2) is 14.2 Å². The van der Waals surface area contributed by atoms with Crippen LogP contribution in [0.25, 0.3) is 0 Å². The molecule has 0 spiro atoms. The molecule has 2 aromatic rings. The number of methoxy groups -OCH3 is 1. The number of carbonyl (C=O) groups excluding carboxylic acids is 1. The molecule has 2 rings (SSSR count). The minimum Gasteiger partial charge on any atom is -0.496 e. The van der Waals surface area contributed by atoms with Crippen molar-refractivity contribution in [2.24, 2.45) is 0 Å². The molecule has 2 N–H and O–H groups in total. The molecule has 0 saturated heterocycles. The Balaban J connectivity index is 1.93. The fourth-order valence-corrected chi connectivity index (χ4v) is 2.34. The van der Waals surface area contributed by atoms with Crippen molar-refractivity contribution in [3.8, 4) is 5.75 Å². The summed E-state index contributed by atoms with van der Waals surface area (Å²) in [5.74, 6) is 0.161. The van der Waals surface area contributed by atoms with Crippen molar-refractivity contribution in [1.29, 1.82) is 0 Å². The zero-order chi connectivity index (χ0) is 16.8. The molecule has 0 unspecified atom stereocenters. The van der Waals surface area contributed by atoms with Crippen molar-refractivity contribution < 1.29 is 13.9 Å². The maximum atomic E-state index is 13.4. The fourth-order valence-electron chi connectivity index (χ4n) is 2.34. The van der Waals surface area contributed by atoms with Gasteiger partial charge < -0.3 is 19.9 Å². The average molecular weight is 320 g/mol. The Morgan fingerprint density at radius 2 is 2.17 bits per heavy atom. The molecule has 1 aromatic heterocycles. The highest BCUT2D eigenvalue weighted by Gasteiger charge is 2.16. The molecule has 2 atom stereocenters. The van der Waals surface area contributed by atoms with Gasteiger partial charge in [-0.3, -0.25) is 0 Å². The zero-order valence-corrected chi connectivity index (χ0v) is 13.4. The summed E-state index contributed by atoms with van der Waals surface area (Å²) in [6.07, 6.45) is 5.21. The van der Waals surface area contributed by atoms with Crippen LogP contribution in [0, 0.1) is 5.82 Å². The molecule has 6 nitrogen and oxygen atoms in total. The third-order valence-corrected chi connectivity index (χ3v) is 3.43. The van der Waals surface area contributed by atoms with Gasteiger partial charge in [-0.05, 0) is 32.0 Å². The van der Waals surface area contributed by atoms with E-state index < -0.39 is 0 Å². The van der Waals surface area contributed by atoms with Crippen molar-refractivity contribution in [2.45, 2.75) is 32.5 Å². The van der Waals surface area contributed by atoms with E-state index >= 15 is 0 Å². The van der Waals surface area contributed by atoms with Crippen LogP contribution in [-0.4, -0.2) is 28.7 Å². The molecule has 7 heteroatoms. The monoisotopic (exact) mass is 320 g/mol. The third-order valence-electron chi connectivity index (χ3n) is 3.43. The van der Waals surface area contributed by atoms with Crippen molar-refractivity contribution in [1.82, 2.24) is 20.2 Å². The van der Waals surface area contributed by atoms with E-state index in [0.29, 0.717) is 17.9 Å². The molecule has 0 aliphatic carbocycles. The molecule has 0 fully saturated rings. The summed E-state index contributed by atoms with van der Waals surface area (Å²) in [7, 11) is 1.51. The van der Waals surface area contributed by atoms with Gasteiger partial charge >= 0.3 is 6.03 Å². The van der Waals surface area contributed by atoms with Crippen LogP contribution in [0.5, 0.6) is 5.75 Å². The molecule has 23 heavy (non-hydrogen) atoms. The number of amides is 2. The van der Waals surface area contributed by atoms with Gasteiger partial charge in [-0.1, -0.05) is 0 Å². The first kappa shape index (κ1) is 16.8. The van der Waals surface area contributed by atoms with Crippen molar-refractivity contribution in [3.05, 3.63) is 48.3 Å². The molecule has 0 saturated carbocycles. The lowest BCUT2D eigenvalue weighted by Gasteiger charge is -2.20. The van der Waals surface area contributed by atoms with E-state index in [-0.39, 0.29) is 23.9 Å². The molecular weight excluding hydrogens is 299 g/mol. The Labute approximate surface area is 134 Å². The summed E-state index contributed by atoms with van der Waals surface area (Å²) >= 11 is 0. The molecule has 1 heterocycles. The quantitative estimate of drug-likeness (QED) is 0.859. The van der Waals surface area contributed by atoms with Crippen LogP contribution in [0.4, 0.5) is 9.18 Å². The van der Waals surface area contributed by atoms with Crippen LogP contribution >= 0.6 is 0 Å². The second kappa shape index (κ2) is 7.62. The second-order valence-electron chi connectivity index (χ2n) is 5.39. The standard InChI is InChI=1S/C16H21FN4O2/c1-11(9-21-7-6-18-10-21)19-16(22)20-12(2)14-8-13(17)4-5-15(14)23-3/h4-8,10-12H,9H2,1-3H3,(H2,19,20,22)/t11-,12-/m0/s1. The number of hydrogen-bond donors (Lipinski definition) is 2. The maximum absolute atomic E-state index is 13.4. The molecule has 0 bridgehead atoms. The summed E-state index contributed by atoms with van der Waals surface area (Å²) in [5.41, 5.74) is 0.588. The first-order chi connectivity index (χ1) is 11.0. The van der Waals surface area contributed by atoms with Gasteiger partial charge in [0, 0.05) is 30.5 Å². The minimum absolute atomic E-state index is 0.0780. The van der Waals surface area contributed by atoms with E-state index in [2.05, 4.69) is 15.6 Å². The summed E-state index contributed by atoms with van der Waals surface area (Å²) in [4.78, 5) is 16.0. The van der Waals surface area contributed by atoms with Crippen molar-refractivity contribution in [3.63, 3.8) is 0 Å². The number of urea groups is 1. The highest BCUT2D eigenvalue weighted by atomic mass is 19.1. The topological polar surface area (TPSA) is 68.2 Å². The van der Waals surface area contributed by atoms with E-state index in [0.717, 1.165) is 0 Å². The Bertz CT molecular complexity index is 646. The predicted octanol–water partition coefficient (Wildman–Crippen LogP) is 2.48. The highest BCUT2D eigenvalue weighted by molar-refractivity contribution is 5.74. The number of hydrogen-bond acceptors (Lipinski definition) is 3. The van der Waals surface area contributed by atoms with Crippen LogP contribution in [0.15, 0.2) is 36.9 Å². The van der Waals surface area contributed by atoms with E-state index in [1.807, 2.05) is 17.7 Å². The Morgan fingerprint density at radius 3 is 2.83 bits per heavy atom. The number of benzene rings is 1. The van der Waals surface area contributed by atoms with Crippen LogP contribution in [0.2, 0.25) is 0 Å². The van der Waals surface area contributed by atoms with Gasteiger partial charge in [0.2, 0.25) is 0 Å². The molecule has 0 radical (unpaired) electrons. The lowest BCUT2D eigenvalue weighted by molar-refractivity contribution is 0.233. The Hall–Kier alpha value is -2.57. The second-order valence-corrected chi connectivity index (χ2v) is 5.39. The van der Waals surface area contributed by atoms with E-state index in [1.54, 1.807) is 25.5 Å². The summed E-state index contributed by atoms with van der Waals surface area (Å²) < 4.78 is 20.5. The number of aromatic nitrogens is 2. The van der Waals surface area contributed by atoms with E-state index in [1.165, 1.54) is 19.2 Å². The molecule has 0 aliphatic heterocycles. The van der Waals surface area contributed by atoms with E-state index in [4.69, 9.17) is 4.74 Å². The van der Waals surface area contributed by atoms with Gasteiger partial charge in [0.25, 0.3) is 0 Å². The van der Waals surface area contributed by atoms with Gasteiger partial charge in [0.1, 0.15) is 11.6 Å². The lowest BCUT2D eigenvalue weighted by Crippen LogP contribution is -2.43. The average Bonchev–Trinajstić information content (AvgIpc) is 2.99.